The summed E-state index contributed by atoms with van der Waals surface area (Å²) in [6.07, 6.45) is 2.63. The topological polar surface area (TPSA) is 119 Å². The summed E-state index contributed by atoms with van der Waals surface area (Å²) in [5.74, 6) is -2.51. The highest BCUT2D eigenvalue weighted by atomic mass is 32.1. The monoisotopic (exact) mass is 441 g/mol. The molecule has 1 aromatic heterocycles. The first-order chi connectivity index (χ1) is 14.8. The molecule has 2 aromatic rings. The van der Waals surface area contributed by atoms with Gasteiger partial charge in [0.1, 0.15) is 5.00 Å². The summed E-state index contributed by atoms with van der Waals surface area (Å²) in [7, 11) is 0. The van der Waals surface area contributed by atoms with Crippen LogP contribution in [0.1, 0.15) is 39.2 Å². The Morgan fingerprint density at radius 1 is 1.23 bits per heavy atom. The minimum absolute atomic E-state index is 0.0395. The van der Waals surface area contributed by atoms with E-state index in [1.54, 1.807) is 4.90 Å². The molecule has 9 heteroatoms. The molecule has 0 radical (unpaired) electrons. The normalized spacial score (nSPS) is 17.5. The fraction of sp³-hybridized carbons (Fsp3) is 0.364. The van der Waals surface area contributed by atoms with Gasteiger partial charge in [0, 0.05) is 23.5 Å². The molecule has 1 fully saturated rings. The molecule has 1 saturated heterocycles. The lowest BCUT2D eigenvalue weighted by Crippen LogP contribution is -2.28. The molecule has 0 bridgehead atoms. The average Bonchev–Trinajstić information content (AvgIpc) is 3.41. The quantitative estimate of drug-likeness (QED) is 0.666. The van der Waals surface area contributed by atoms with E-state index in [0.29, 0.717) is 10.6 Å². The third-order valence-electron chi connectivity index (χ3n) is 5.57. The standard InChI is InChI=1S/C22H23N3O5S/c1-12-5-7-14(8-6-12)25-10-13(9-18(25)27)22(29)30-11-17(26)24-21-19(20(23)28)15-3-2-4-16(15)31-21/h5-8,13H,2-4,9-11H2,1H3,(H2,23,28)(H,24,26)/t13-/m1/s1. The molecular formula is C22H23N3O5S. The van der Waals surface area contributed by atoms with Crippen molar-refractivity contribution in [3.8, 4) is 0 Å². The molecule has 1 aromatic carbocycles. The average molecular weight is 442 g/mol. The predicted octanol–water partition coefficient (Wildman–Crippen LogP) is 2.18. The summed E-state index contributed by atoms with van der Waals surface area (Å²) >= 11 is 1.34. The van der Waals surface area contributed by atoms with Crippen LogP contribution in [0.4, 0.5) is 10.7 Å². The van der Waals surface area contributed by atoms with Crippen molar-refractivity contribution >= 4 is 45.7 Å². The zero-order valence-electron chi connectivity index (χ0n) is 17.1. The number of carbonyl (C=O) groups is 4. The number of rotatable bonds is 6. The molecule has 4 rings (SSSR count). The summed E-state index contributed by atoms with van der Waals surface area (Å²) in [5.41, 5.74) is 8.56. The molecule has 2 heterocycles. The van der Waals surface area contributed by atoms with Gasteiger partial charge in [0.05, 0.1) is 11.5 Å². The van der Waals surface area contributed by atoms with Crippen LogP contribution in [0.2, 0.25) is 0 Å². The van der Waals surface area contributed by atoms with Crippen molar-refractivity contribution in [1.29, 1.82) is 0 Å². The van der Waals surface area contributed by atoms with E-state index >= 15 is 0 Å². The molecule has 3 N–H and O–H groups in total. The molecule has 2 aliphatic rings. The van der Waals surface area contributed by atoms with Crippen LogP contribution in [0.25, 0.3) is 0 Å². The van der Waals surface area contributed by atoms with Gasteiger partial charge in [-0.2, -0.15) is 0 Å². The molecule has 8 nitrogen and oxygen atoms in total. The van der Waals surface area contributed by atoms with E-state index in [1.165, 1.54) is 11.3 Å². The second-order valence-corrected chi connectivity index (χ2v) is 8.93. The van der Waals surface area contributed by atoms with E-state index < -0.39 is 30.3 Å². The number of thiophene rings is 1. The van der Waals surface area contributed by atoms with Gasteiger partial charge in [-0.3, -0.25) is 19.2 Å². The van der Waals surface area contributed by atoms with Crippen molar-refractivity contribution in [2.24, 2.45) is 11.7 Å². The number of ether oxygens (including phenoxy) is 1. The molecule has 1 aliphatic carbocycles. The number of amides is 3. The highest BCUT2D eigenvalue weighted by Crippen LogP contribution is 2.38. The number of aryl methyl sites for hydroxylation is 2. The van der Waals surface area contributed by atoms with Crippen molar-refractivity contribution in [2.45, 2.75) is 32.6 Å². The smallest absolute Gasteiger partial charge is 0.311 e. The number of carbonyl (C=O) groups excluding carboxylic acids is 4. The van der Waals surface area contributed by atoms with Crippen molar-refractivity contribution in [3.63, 3.8) is 0 Å². The molecule has 31 heavy (non-hydrogen) atoms. The number of nitrogens with zero attached hydrogens (tertiary/aromatic N) is 1. The summed E-state index contributed by atoms with van der Waals surface area (Å²) in [4.78, 5) is 51.5. The third-order valence-corrected chi connectivity index (χ3v) is 6.78. The number of primary amides is 1. The Bertz CT molecular complexity index is 1060. The second-order valence-electron chi connectivity index (χ2n) is 7.82. The number of fused-ring (bicyclic) bond motifs is 1. The summed E-state index contributed by atoms with van der Waals surface area (Å²) in [6.45, 7) is 1.68. The number of anilines is 2. The maximum Gasteiger partial charge on any atom is 0.311 e. The minimum Gasteiger partial charge on any atom is -0.455 e. The van der Waals surface area contributed by atoms with Crippen LogP contribution in [-0.2, 0) is 32.0 Å². The highest BCUT2D eigenvalue weighted by molar-refractivity contribution is 7.17. The molecule has 0 spiro atoms. The van der Waals surface area contributed by atoms with Crippen molar-refractivity contribution in [1.82, 2.24) is 0 Å². The largest absolute Gasteiger partial charge is 0.455 e. The fourth-order valence-corrected chi connectivity index (χ4v) is 5.32. The van der Waals surface area contributed by atoms with Crippen LogP contribution in [0.3, 0.4) is 0 Å². The number of nitrogens with two attached hydrogens (primary N) is 1. The van der Waals surface area contributed by atoms with Crippen molar-refractivity contribution in [2.75, 3.05) is 23.4 Å². The fourth-order valence-electron chi connectivity index (χ4n) is 4.01. The van der Waals surface area contributed by atoms with Gasteiger partial charge in [-0.15, -0.1) is 11.3 Å². The highest BCUT2D eigenvalue weighted by Gasteiger charge is 2.36. The maximum atomic E-state index is 12.4. The van der Waals surface area contributed by atoms with Gasteiger partial charge in [0.15, 0.2) is 6.61 Å². The molecular weight excluding hydrogens is 418 g/mol. The first kappa shape index (κ1) is 21.0. The lowest BCUT2D eigenvalue weighted by molar-refractivity contribution is -0.151. The summed E-state index contributed by atoms with van der Waals surface area (Å²) < 4.78 is 5.15. The van der Waals surface area contributed by atoms with Gasteiger partial charge >= 0.3 is 5.97 Å². The van der Waals surface area contributed by atoms with Crippen LogP contribution in [-0.4, -0.2) is 36.8 Å². The molecule has 1 atom stereocenters. The van der Waals surface area contributed by atoms with Gasteiger partial charge in [-0.1, -0.05) is 17.7 Å². The number of nitrogens with one attached hydrogen (secondary N) is 1. The summed E-state index contributed by atoms with van der Waals surface area (Å²) in [5, 5.41) is 3.04. The Morgan fingerprint density at radius 2 is 1.97 bits per heavy atom. The van der Waals surface area contributed by atoms with Crippen molar-refractivity contribution < 1.29 is 23.9 Å². The molecule has 0 saturated carbocycles. The number of hydrogen-bond donors (Lipinski definition) is 2. The maximum absolute atomic E-state index is 12.4. The van der Waals surface area contributed by atoms with Crippen LogP contribution in [0.15, 0.2) is 24.3 Å². The lowest BCUT2D eigenvalue weighted by Gasteiger charge is -2.16. The van der Waals surface area contributed by atoms with E-state index in [9.17, 15) is 19.2 Å². The van der Waals surface area contributed by atoms with E-state index in [-0.39, 0.29) is 18.9 Å². The zero-order chi connectivity index (χ0) is 22.1. The second kappa shape index (κ2) is 8.50. The molecule has 162 valence electrons. The van der Waals surface area contributed by atoms with E-state index in [4.69, 9.17) is 10.5 Å². The predicted molar refractivity (Wildman–Crippen MR) is 116 cm³/mol. The van der Waals surface area contributed by atoms with Gasteiger partial charge in [0.2, 0.25) is 5.91 Å². The van der Waals surface area contributed by atoms with Crippen LogP contribution in [0.5, 0.6) is 0 Å². The van der Waals surface area contributed by atoms with E-state index in [1.807, 2.05) is 31.2 Å². The van der Waals surface area contributed by atoms with Crippen LogP contribution >= 0.6 is 11.3 Å². The van der Waals surface area contributed by atoms with Gasteiger partial charge < -0.3 is 20.7 Å². The SMILES string of the molecule is Cc1ccc(N2C[C@H](C(=O)OCC(=O)Nc3sc4c(c3C(N)=O)CCC4)CC2=O)cc1. The Labute approximate surface area is 183 Å². The lowest BCUT2D eigenvalue weighted by atomic mass is 10.1. The number of hydrogen-bond acceptors (Lipinski definition) is 6. The van der Waals surface area contributed by atoms with Gasteiger partial charge in [-0.05, 0) is 43.9 Å². The Balaban J connectivity index is 1.33. The minimum atomic E-state index is -0.631. The number of esters is 1. The van der Waals surface area contributed by atoms with Crippen molar-refractivity contribution in [3.05, 3.63) is 45.8 Å². The Kier molecular flexibility index (Phi) is 5.77. The third kappa shape index (κ3) is 4.32. The van der Waals surface area contributed by atoms with E-state index in [0.717, 1.165) is 41.0 Å². The first-order valence-corrected chi connectivity index (χ1v) is 10.9. The molecule has 0 unspecified atom stereocenters. The van der Waals surface area contributed by atoms with Gasteiger partial charge in [0.25, 0.3) is 11.8 Å². The zero-order valence-corrected chi connectivity index (χ0v) is 17.9. The van der Waals surface area contributed by atoms with Crippen LogP contribution in [0, 0.1) is 12.8 Å². The van der Waals surface area contributed by atoms with E-state index in [2.05, 4.69) is 5.32 Å². The molecule has 3 amide bonds. The first-order valence-electron chi connectivity index (χ1n) is 10.1. The molecule has 1 aliphatic heterocycles. The number of benzene rings is 1. The van der Waals surface area contributed by atoms with Crippen LogP contribution < -0.4 is 16.0 Å². The van der Waals surface area contributed by atoms with Gasteiger partial charge in [-0.25, -0.2) is 0 Å². The summed E-state index contributed by atoms with van der Waals surface area (Å²) in [6, 6.07) is 7.48. The Hall–Kier alpha value is -3.20. The Morgan fingerprint density at radius 3 is 2.68 bits per heavy atom.